The zero-order chi connectivity index (χ0) is 12.7. The minimum Gasteiger partial charge on any atom is -0.335 e. The van der Waals surface area contributed by atoms with E-state index in [1.165, 1.54) is 0 Å². The first-order valence-corrected chi connectivity index (χ1v) is 6.65. The fraction of sp³-hybridized carbons (Fsp3) is 0. The van der Waals surface area contributed by atoms with Crippen LogP contribution in [0.5, 0.6) is 0 Å². The summed E-state index contributed by atoms with van der Waals surface area (Å²) in [5.74, 6) is 1.07. The lowest BCUT2D eigenvalue weighted by Crippen LogP contribution is -1.79. The third-order valence-electron chi connectivity index (χ3n) is 2.83. The van der Waals surface area contributed by atoms with Gasteiger partial charge >= 0.3 is 0 Å². The van der Waals surface area contributed by atoms with Crippen molar-refractivity contribution in [1.82, 2.24) is 20.1 Å². The summed E-state index contributed by atoms with van der Waals surface area (Å²) in [7, 11) is 0. The molecule has 4 aromatic rings. The zero-order valence-electron chi connectivity index (χ0n) is 9.70. The molecular formula is C13H8N4OS. The predicted molar refractivity (Wildman–Crippen MR) is 72.7 cm³/mol. The van der Waals surface area contributed by atoms with Gasteiger partial charge in [-0.2, -0.15) is 16.3 Å². The molecule has 0 fully saturated rings. The van der Waals surface area contributed by atoms with Crippen LogP contribution in [-0.2, 0) is 0 Å². The lowest BCUT2D eigenvalue weighted by molar-refractivity contribution is 0.431. The van der Waals surface area contributed by atoms with Crippen molar-refractivity contribution in [3.05, 3.63) is 41.2 Å². The Morgan fingerprint density at radius 3 is 3.11 bits per heavy atom. The van der Waals surface area contributed by atoms with Crippen LogP contribution in [0.25, 0.3) is 34.0 Å². The predicted octanol–water partition coefficient (Wildman–Crippen LogP) is 3.34. The van der Waals surface area contributed by atoms with Crippen LogP contribution in [0.2, 0.25) is 0 Å². The molecule has 0 atom stereocenters. The standard InChI is InChI=1S/C13H8N4OS/c1-2-8-6-10(15-11(8)14-4-1)13-16-12(17-18-13)9-3-5-19-7-9/h1-7H,(H,14,15). The number of fused-ring (bicyclic) bond motifs is 1. The number of nitrogens with one attached hydrogen (secondary N) is 1. The van der Waals surface area contributed by atoms with Gasteiger partial charge in [-0.15, -0.1) is 0 Å². The molecule has 4 aromatic heterocycles. The van der Waals surface area contributed by atoms with Crippen LogP contribution in [0.15, 0.2) is 45.7 Å². The maximum atomic E-state index is 5.29. The van der Waals surface area contributed by atoms with Gasteiger partial charge in [0.25, 0.3) is 5.89 Å². The molecule has 0 spiro atoms. The molecule has 0 aromatic carbocycles. The van der Waals surface area contributed by atoms with Gasteiger partial charge in [0, 0.05) is 22.5 Å². The summed E-state index contributed by atoms with van der Waals surface area (Å²) in [6, 6.07) is 7.79. The summed E-state index contributed by atoms with van der Waals surface area (Å²) in [6.07, 6.45) is 1.74. The van der Waals surface area contributed by atoms with E-state index in [2.05, 4.69) is 20.1 Å². The van der Waals surface area contributed by atoms with E-state index in [1.54, 1.807) is 17.5 Å². The Hall–Kier alpha value is -2.47. The van der Waals surface area contributed by atoms with Crippen molar-refractivity contribution in [3.8, 4) is 23.0 Å². The molecule has 0 saturated carbocycles. The Labute approximate surface area is 111 Å². The summed E-state index contributed by atoms with van der Waals surface area (Å²) in [5.41, 5.74) is 2.56. The molecule has 92 valence electrons. The summed E-state index contributed by atoms with van der Waals surface area (Å²) in [5, 5.41) is 8.98. The van der Waals surface area contributed by atoms with Crippen LogP contribution < -0.4 is 0 Å². The smallest absolute Gasteiger partial charge is 0.274 e. The molecule has 0 aliphatic carbocycles. The quantitative estimate of drug-likeness (QED) is 0.605. The van der Waals surface area contributed by atoms with Crippen LogP contribution >= 0.6 is 11.3 Å². The van der Waals surface area contributed by atoms with Crippen molar-refractivity contribution in [2.45, 2.75) is 0 Å². The molecule has 0 radical (unpaired) electrons. The average molecular weight is 268 g/mol. The van der Waals surface area contributed by atoms with E-state index < -0.39 is 0 Å². The van der Waals surface area contributed by atoms with E-state index in [4.69, 9.17) is 4.52 Å². The lowest BCUT2D eigenvalue weighted by Gasteiger charge is -1.85. The van der Waals surface area contributed by atoms with Gasteiger partial charge in [-0.25, -0.2) is 4.98 Å². The molecule has 19 heavy (non-hydrogen) atoms. The van der Waals surface area contributed by atoms with Gasteiger partial charge in [0.15, 0.2) is 0 Å². The number of aromatic amines is 1. The number of hydrogen-bond donors (Lipinski definition) is 1. The lowest BCUT2D eigenvalue weighted by atomic mass is 10.3. The third kappa shape index (κ3) is 1.73. The molecule has 0 aliphatic heterocycles. The highest BCUT2D eigenvalue weighted by molar-refractivity contribution is 7.08. The van der Waals surface area contributed by atoms with Crippen molar-refractivity contribution < 1.29 is 4.52 Å². The summed E-state index contributed by atoms with van der Waals surface area (Å²) < 4.78 is 5.29. The van der Waals surface area contributed by atoms with E-state index >= 15 is 0 Å². The molecule has 0 saturated heterocycles. The molecule has 4 heterocycles. The summed E-state index contributed by atoms with van der Waals surface area (Å²) in [6.45, 7) is 0. The first-order valence-electron chi connectivity index (χ1n) is 5.70. The molecular weight excluding hydrogens is 260 g/mol. The van der Waals surface area contributed by atoms with E-state index in [-0.39, 0.29) is 0 Å². The van der Waals surface area contributed by atoms with Gasteiger partial charge in [0.05, 0.1) is 0 Å². The van der Waals surface area contributed by atoms with Crippen molar-refractivity contribution in [1.29, 1.82) is 0 Å². The van der Waals surface area contributed by atoms with Crippen LogP contribution in [-0.4, -0.2) is 20.1 Å². The largest absolute Gasteiger partial charge is 0.335 e. The molecule has 0 aliphatic rings. The van der Waals surface area contributed by atoms with Crippen molar-refractivity contribution in [3.63, 3.8) is 0 Å². The number of hydrogen-bond acceptors (Lipinski definition) is 5. The molecule has 0 bridgehead atoms. The third-order valence-corrected chi connectivity index (χ3v) is 3.51. The molecule has 5 nitrogen and oxygen atoms in total. The fourth-order valence-corrected chi connectivity index (χ4v) is 2.55. The second-order valence-corrected chi connectivity index (χ2v) is 4.84. The first-order chi connectivity index (χ1) is 9.40. The topological polar surface area (TPSA) is 67.6 Å². The number of pyridine rings is 1. The summed E-state index contributed by atoms with van der Waals surface area (Å²) in [4.78, 5) is 11.8. The van der Waals surface area contributed by atoms with Crippen LogP contribution in [0.4, 0.5) is 0 Å². The number of aromatic nitrogens is 4. The summed E-state index contributed by atoms with van der Waals surface area (Å²) >= 11 is 1.60. The Kier molecular flexibility index (Phi) is 2.22. The van der Waals surface area contributed by atoms with Crippen LogP contribution in [0.3, 0.4) is 0 Å². The van der Waals surface area contributed by atoms with Crippen molar-refractivity contribution in [2.24, 2.45) is 0 Å². The van der Waals surface area contributed by atoms with Crippen molar-refractivity contribution in [2.75, 3.05) is 0 Å². The second-order valence-electron chi connectivity index (χ2n) is 4.06. The average Bonchev–Trinajstić information content (AvgIpc) is 3.17. The Morgan fingerprint density at radius 1 is 1.26 bits per heavy atom. The monoisotopic (exact) mass is 268 g/mol. The Morgan fingerprint density at radius 2 is 2.26 bits per heavy atom. The van der Waals surface area contributed by atoms with Crippen LogP contribution in [0, 0.1) is 0 Å². The fourth-order valence-electron chi connectivity index (χ4n) is 1.91. The van der Waals surface area contributed by atoms with Gasteiger partial charge in [-0.3, -0.25) is 0 Å². The number of rotatable bonds is 2. The zero-order valence-corrected chi connectivity index (χ0v) is 10.5. The maximum absolute atomic E-state index is 5.29. The van der Waals surface area contributed by atoms with Gasteiger partial charge in [-0.05, 0) is 29.6 Å². The number of thiophene rings is 1. The Balaban J connectivity index is 1.80. The van der Waals surface area contributed by atoms with E-state index in [0.29, 0.717) is 11.7 Å². The maximum Gasteiger partial charge on any atom is 0.274 e. The van der Waals surface area contributed by atoms with Gasteiger partial charge < -0.3 is 9.51 Å². The minimum atomic E-state index is 0.471. The van der Waals surface area contributed by atoms with Crippen LogP contribution in [0.1, 0.15) is 0 Å². The highest BCUT2D eigenvalue weighted by Crippen LogP contribution is 2.25. The first kappa shape index (κ1) is 10.5. The Bertz CT molecular complexity index is 798. The highest BCUT2D eigenvalue weighted by Gasteiger charge is 2.13. The van der Waals surface area contributed by atoms with E-state index in [9.17, 15) is 0 Å². The number of H-pyrrole nitrogens is 1. The SMILES string of the molecule is c1cnc2[nH]c(-c3nc(-c4ccsc4)no3)cc2c1. The van der Waals surface area contributed by atoms with E-state index in [1.807, 2.05) is 35.0 Å². The highest BCUT2D eigenvalue weighted by atomic mass is 32.1. The molecule has 4 rings (SSSR count). The minimum absolute atomic E-state index is 0.471. The van der Waals surface area contributed by atoms with Gasteiger partial charge in [-0.1, -0.05) is 5.16 Å². The molecule has 1 N–H and O–H groups in total. The normalized spacial score (nSPS) is 11.2. The van der Waals surface area contributed by atoms with E-state index in [0.717, 1.165) is 22.3 Å². The molecule has 6 heteroatoms. The van der Waals surface area contributed by atoms with Gasteiger partial charge in [0.1, 0.15) is 11.3 Å². The molecule has 0 unspecified atom stereocenters. The molecule has 0 amide bonds. The van der Waals surface area contributed by atoms with Gasteiger partial charge in [0.2, 0.25) is 5.82 Å². The number of nitrogens with zero attached hydrogens (tertiary/aromatic N) is 3. The van der Waals surface area contributed by atoms with Crippen molar-refractivity contribution >= 4 is 22.4 Å². The second kappa shape index (κ2) is 4.03.